The second kappa shape index (κ2) is 7.31. The second-order valence-electron chi connectivity index (χ2n) is 6.70. The molecule has 0 N–H and O–H groups in total. The normalized spacial score (nSPS) is 13.7. The molecule has 4 rings (SSSR count). The Labute approximate surface area is 155 Å². The average molecular weight is 366 g/mol. The van der Waals surface area contributed by atoms with E-state index in [2.05, 4.69) is 4.98 Å². The van der Waals surface area contributed by atoms with Crippen molar-refractivity contribution in [1.29, 1.82) is 0 Å². The van der Waals surface area contributed by atoms with E-state index in [1.165, 1.54) is 6.07 Å². The summed E-state index contributed by atoms with van der Waals surface area (Å²) in [5.74, 6) is -0.240. The number of ether oxygens (including phenoxy) is 1. The number of hydrogen-bond acceptors (Lipinski definition) is 4. The maximum absolute atomic E-state index is 13.6. The Balaban J connectivity index is 1.48. The molecule has 3 aromatic rings. The number of esters is 1. The van der Waals surface area contributed by atoms with E-state index in [0.717, 1.165) is 12.8 Å². The Hall–Kier alpha value is -3.02. The van der Waals surface area contributed by atoms with Gasteiger partial charge >= 0.3 is 5.97 Å². The number of fused-ring (bicyclic) bond motifs is 1. The van der Waals surface area contributed by atoms with Crippen LogP contribution in [0.15, 0.2) is 53.3 Å². The second-order valence-corrected chi connectivity index (χ2v) is 6.70. The molecule has 0 amide bonds. The van der Waals surface area contributed by atoms with E-state index in [1.807, 2.05) is 12.1 Å². The number of hydrogen-bond donors (Lipinski definition) is 0. The van der Waals surface area contributed by atoms with E-state index in [-0.39, 0.29) is 24.6 Å². The van der Waals surface area contributed by atoms with Gasteiger partial charge in [0.15, 0.2) is 0 Å². The molecular formula is C21H19FN2O3. The van der Waals surface area contributed by atoms with Crippen molar-refractivity contribution in [2.45, 2.75) is 38.3 Å². The van der Waals surface area contributed by atoms with E-state index in [4.69, 9.17) is 4.74 Å². The van der Waals surface area contributed by atoms with Crippen molar-refractivity contribution >= 4 is 16.9 Å². The van der Waals surface area contributed by atoms with Crippen LogP contribution in [-0.4, -0.2) is 15.5 Å². The highest BCUT2D eigenvalue weighted by molar-refractivity contribution is 5.77. The monoisotopic (exact) mass is 366 g/mol. The van der Waals surface area contributed by atoms with Crippen LogP contribution in [0.1, 0.15) is 36.7 Å². The Kier molecular flexibility index (Phi) is 4.71. The lowest BCUT2D eigenvalue weighted by Gasteiger charge is -2.12. The number of carbonyl (C=O) groups excluding carboxylic acids is 1. The molecule has 1 fully saturated rings. The van der Waals surface area contributed by atoms with Crippen LogP contribution in [0.3, 0.4) is 0 Å². The molecule has 1 aromatic heterocycles. The molecule has 5 nitrogen and oxygen atoms in total. The molecule has 6 heteroatoms. The fourth-order valence-electron chi connectivity index (χ4n) is 3.14. The molecule has 0 bridgehead atoms. The first-order valence-corrected chi connectivity index (χ1v) is 9.02. The molecule has 138 valence electrons. The van der Waals surface area contributed by atoms with Gasteiger partial charge < -0.3 is 4.74 Å². The van der Waals surface area contributed by atoms with Crippen LogP contribution < -0.4 is 5.56 Å². The topological polar surface area (TPSA) is 61.2 Å². The van der Waals surface area contributed by atoms with Crippen LogP contribution in [0.4, 0.5) is 4.39 Å². The van der Waals surface area contributed by atoms with Crippen molar-refractivity contribution in [3.8, 4) is 0 Å². The average Bonchev–Trinajstić information content (AvgIpc) is 3.51. The number of aryl methyl sites for hydroxylation is 1. The van der Waals surface area contributed by atoms with E-state index >= 15 is 0 Å². The number of para-hydroxylation sites is 1. The van der Waals surface area contributed by atoms with Crippen LogP contribution in [0, 0.1) is 5.82 Å². The van der Waals surface area contributed by atoms with Crippen LogP contribution in [0.25, 0.3) is 10.9 Å². The van der Waals surface area contributed by atoms with Gasteiger partial charge in [-0.15, -0.1) is 0 Å². The molecule has 1 aliphatic rings. The molecule has 0 spiro atoms. The van der Waals surface area contributed by atoms with Crippen molar-refractivity contribution in [2.75, 3.05) is 0 Å². The minimum atomic E-state index is -0.442. The molecule has 2 aromatic carbocycles. The summed E-state index contributed by atoms with van der Waals surface area (Å²) in [5, 5.41) is 0.593. The first kappa shape index (κ1) is 17.4. The lowest BCUT2D eigenvalue weighted by molar-refractivity contribution is -0.145. The molecule has 0 aliphatic heterocycles. The third-order valence-electron chi connectivity index (χ3n) is 4.69. The summed E-state index contributed by atoms with van der Waals surface area (Å²) >= 11 is 0. The molecule has 0 saturated heterocycles. The smallest absolute Gasteiger partial charge is 0.306 e. The Bertz CT molecular complexity index is 1060. The Morgan fingerprint density at radius 2 is 1.89 bits per heavy atom. The molecule has 1 aliphatic carbocycles. The van der Waals surface area contributed by atoms with E-state index in [0.29, 0.717) is 28.7 Å². The third kappa shape index (κ3) is 3.74. The van der Waals surface area contributed by atoms with Gasteiger partial charge in [0.05, 0.1) is 17.3 Å². The van der Waals surface area contributed by atoms with Gasteiger partial charge in [0.2, 0.25) is 0 Å². The molecule has 0 atom stereocenters. The molecule has 1 saturated carbocycles. The fourth-order valence-corrected chi connectivity index (χ4v) is 3.14. The van der Waals surface area contributed by atoms with E-state index in [1.54, 1.807) is 34.9 Å². The van der Waals surface area contributed by atoms with Crippen molar-refractivity contribution in [2.24, 2.45) is 0 Å². The highest BCUT2D eigenvalue weighted by Crippen LogP contribution is 2.34. The van der Waals surface area contributed by atoms with E-state index in [9.17, 15) is 14.0 Å². The molecular weight excluding hydrogens is 347 g/mol. The summed E-state index contributed by atoms with van der Waals surface area (Å²) < 4.78 is 20.5. The summed E-state index contributed by atoms with van der Waals surface area (Å²) in [6, 6.07) is 13.6. The fraction of sp³-hybridized carbons (Fsp3) is 0.286. The maximum atomic E-state index is 13.6. The van der Waals surface area contributed by atoms with Crippen LogP contribution in [0.2, 0.25) is 0 Å². The minimum absolute atomic E-state index is 0.0576. The first-order valence-electron chi connectivity index (χ1n) is 9.02. The summed E-state index contributed by atoms with van der Waals surface area (Å²) in [7, 11) is 0. The number of nitrogens with zero attached hydrogens (tertiary/aromatic N) is 2. The Morgan fingerprint density at radius 1 is 1.15 bits per heavy atom. The zero-order valence-electron chi connectivity index (χ0n) is 14.7. The van der Waals surface area contributed by atoms with Crippen LogP contribution >= 0.6 is 0 Å². The zero-order valence-corrected chi connectivity index (χ0v) is 14.7. The summed E-state index contributed by atoms with van der Waals surface area (Å²) in [6.07, 6.45) is 2.30. The van der Waals surface area contributed by atoms with Crippen molar-refractivity contribution in [1.82, 2.24) is 9.55 Å². The van der Waals surface area contributed by atoms with Crippen LogP contribution in [-0.2, 0) is 22.6 Å². The van der Waals surface area contributed by atoms with Crippen molar-refractivity contribution in [3.63, 3.8) is 0 Å². The highest BCUT2D eigenvalue weighted by Gasteiger charge is 2.28. The number of rotatable bonds is 6. The van der Waals surface area contributed by atoms with Gasteiger partial charge in [-0.25, -0.2) is 9.37 Å². The summed E-state index contributed by atoms with van der Waals surface area (Å²) in [4.78, 5) is 29.5. The number of benzene rings is 2. The Morgan fingerprint density at radius 3 is 2.67 bits per heavy atom. The van der Waals surface area contributed by atoms with E-state index < -0.39 is 11.8 Å². The largest absolute Gasteiger partial charge is 0.461 e. The summed E-state index contributed by atoms with van der Waals surface area (Å²) in [6.45, 7) is -0.105. The molecule has 0 radical (unpaired) electrons. The SMILES string of the molecule is O=C(CCc1nc2ccccc2c(=O)n1C1CC1)OCc1ccccc1F. The summed E-state index contributed by atoms with van der Waals surface area (Å²) in [5.41, 5.74) is 0.913. The lowest BCUT2D eigenvalue weighted by atomic mass is 10.2. The van der Waals surface area contributed by atoms with Gasteiger partial charge in [-0.05, 0) is 31.0 Å². The predicted octanol–water partition coefficient (Wildman–Crippen LogP) is 3.55. The van der Waals surface area contributed by atoms with Gasteiger partial charge in [0.1, 0.15) is 18.2 Å². The molecule has 27 heavy (non-hydrogen) atoms. The number of halogens is 1. The standard InChI is InChI=1S/C21H19FN2O3/c22-17-7-3-1-5-14(17)13-27-20(25)12-11-19-23-18-8-4-2-6-16(18)21(26)24(19)15-9-10-15/h1-8,15H,9-13H2. The maximum Gasteiger partial charge on any atom is 0.306 e. The predicted molar refractivity (Wildman–Crippen MR) is 98.8 cm³/mol. The quantitative estimate of drug-likeness (QED) is 0.626. The number of carbonyl (C=O) groups is 1. The van der Waals surface area contributed by atoms with Gasteiger partial charge in [-0.3, -0.25) is 14.2 Å². The molecule has 0 unspecified atom stereocenters. The highest BCUT2D eigenvalue weighted by atomic mass is 19.1. The third-order valence-corrected chi connectivity index (χ3v) is 4.69. The van der Waals surface area contributed by atoms with Gasteiger partial charge in [0, 0.05) is 18.0 Å². The minimum Gasteiger partial charge on any atom is -0.461 e. The van der Waals surface area contributed by atoms with Crippen LogP contribution in [0.5, 0.6) is 0 Å². The van der Waals surface area contributed by atoms with Crippen molar-refractivity contribution in [3.05, 3.63) is 76.1 Å². The first-order chi connectivity index (χ1) is 13.1. The van der Waals surface area contributed by atoms with Gasteiger partial charge in [0.25, 0.3) is 5.56 Å². The lowest BCUT2D eigenvalue weighted by Crippen LogP contribution is -2.25. The number of aromatic nitrogens is 2. The molecule has 1 heterocycles. The van der Waals surface area contributed by atoms with Crippen molar-refractivity contribution < 1.29 is 13.9 Å². The zero-order chi connectivity index (χ0) is 18.8. The van der Waals surface area contributed by atoms with Gasteiger partial charge in [-0.1, -0.05) is 30.3 Å². The van der Waals surface area contributed by atoms with Gasteiger partial charge in [-0.2, -0.15) is 0 Å².